The van der Waals surface area contributed by atoms with Gasteiger partial charge in [-0.25, -0.2) is 0 Å². The Balaban J connectivity index is 2.46. The molecule has 4 nitrogen and oxygen atoms in total. The Kier molecular flexibility index (Phi) is 6.84. The normalized spacial score (nSPS) is 20.7. The highest BCUT2D eigenvalue weighted by Crippen LogP contribution is 2.10. The van der Waals surface area contributed by atoms with Gasteiger partial charge in [0, 0.05) is 20.5 Å². The van der Waals surface area contributed by atoms with Crippen LogP contribution in [0.25, 0.3) is 0 Å². The monoisotopic (exact) mass is 284 g/mol. The molecule has 1 aliphatic rings. The molecule has 1 N–H and O–H groups in total. The van der Waals surface area contributed by atoms with E-state index in [1.165, 1.54) is 19.8 Å². The second kappa shape index (κ2) is 8.15. The molecule has 1 heterocycles. The molecule has 0 aromatic carbocycles. The summed E-state index contributed by atoms with van der Waals surface area (Å²) in [6.45, 7) is 4.48. The highest BCUT2D eigenvalue weighted by Gasteiger charge is 2.20. The molecule has 0 saturated carbocycles. The average Bonchev–Trinajstić information content (AvgIpc) is 2.65. The lowest BCUT2D eigenvalue weighted by Crippen LogP contribution is -2.25. The number of nitrogens with zero attached hydrogens (tertiary/aromatic N) is 1. The summed E-state index contributed by atoms with van der Waals surface area (Å²) in [7, 11) is 1.97. The predicted octanol–water partition coefficient (Wildman–Crippen LogP) is 2.24. The summed E-state index contributed by atoms with van der Waals surface area (Å²) in [4.78, 5) is 13.1. The SMILES string of the molecule is CCCCCC(C=CC1CN(C)C(=S)N1)OC(C)=O. The van der Waals surface area contributed by atoms with Crippen LogP contribution < -0.4 is 5.32 Å². The number of carbonyl (C=O) groups is 1. The van der Waals surface area contributed by atoms with Crippen LogP contribution in [0.3, 0.4) is 0 Å². The van der Waals surface area contributed by atoms with Gasteiger partial charge < -0.3 is 15.0 Å². The molecule has 1 rings (SSSR count). The van der Waals surface area contributed by atoms with Crippen molar-refractivity contribution in [2.24, 2.45) is 0 Å². The van der Waals surface area contributed by atoms with Gasteiger partial charge in [-0.15, -0.1) is 0 Å². The summed E-state index contributed by atoms with van der Waals surface area (Å²) < 4.78 is 5.31. The molecule has 1 fully saturated rings. The van der Waals surface area contributed by atoms with Gasteiger partial charge in [-0.05, 0) is 31.1 Å². The van der Waals surface area contributed by atoms with E-state index in [-0.39, 0.29) is 18.1 Å². The minimum atomic E-state index is -0.224. The molecule has 0 bridgehead atoms. The van der Waals surface area contributed by atoms with Gasteiger partial charge in [-0.3, -0.25) is 4.79 Å². The van der Waals surface area contributed by atoms with Gasteiger partial charge in [-0.2, -0.15) is 0 Å². The maximum atomic E-state index is 11.1. The van der Waals surface area contributed by atoms with E-state index in [2.05, 4.69) is 18.3 Å². The van der Waals surface area contributed by atoms with Crippen LogP contribution in [0.5, 0.6) is 0 Å². The van der Waals surface area contributed by atoms with Crippen LogP contribution in [0.1, 0.15) is 39.5 Å². The van der Waals surface area contributed by atoms with Crippen molar-refractivity contribution in [2.45, 2.75) is 51.7 Å². The van der Waals surface area contributed by atoms with E-state index in [4.69, 9.17) is 17.0 Å². The van der Waals surface area contributed by atoms with Crippen molar-refractivity contribution in [2.75, 3.05) is 13.6 Å². The summed E-state index contributed by atoms with van der Waals surface area (Å²) in [6.07, 6.45) is 8.21. The second-order valence-corrected chi connectivity index (χ2v) is 5.35. The van der Waals surface area contributed by atoms with E-state index in [0.717, 1.165) is 24.5 Å². The third kappa shape index (κ3) is 6.05. The summed E-state index contributed by atoms with van der Waals surface area (Å²) in [5, 5.41) is 3.98. The van der Waals surface area contributed by atoms with Crippen LogP contribution in [0.4, 0.5) is 0 Å². The number of ether oxygens (including phenoxy) is 1. The standard InChI is InChI=1S/C14H24N2O2S/c1-4-5-6-7-13(18-11(2)17)9-8-12-10-16(3)14(19)15-12/h8-9,12-13H,4-7,10H2,1-3H3,(H,15,19). The second-order valence-electron chi connectivity index (χ2n) is 4.97. The van der Waals surface area contributed by atoms with E-state index in [1.54, 1.807) is 0 Å². The Labute approximate surface area is 121 Å². The Hall–Kier alpha value is -1.10. The lowest BCUT2D eigenvalue weighted by Gasteiger charge is -2.13. The predicted molar refractivity (Wildman–Crippen MR) is 81.0 cm³/mol. The first-order chi connectivity index (χ1) is 9.02. The number of thiocarbonyl (C=S) groups is 1. The molecule has 19 heavy (non-hydrogen) atoms. The Morgan fingerprint density at radius 2 is 2.37 bits per heavy atom. The first-order valence-corrected chi connectivity index (χ1v) is 7.31. The number of hydrogen-bond donors (Lipinski definition) is 1. The van der Waals surface area contributed by atoms with Crippen molar-refractivity contribution in [3.63, 3.8) is 0 Å². The molecule has 2 unspecified atom stereocenters. The van der Waals surface area contributed by atoms with Gasteiger partial charge in [0.25, 0.3) is 0 Å². The van der Waals surface area contributed by atoms with Gasteiger partial charge in [0.05, 0.1) is 6.04 Å². The largest absolute Gasteiger partial charge is 0.458 e. The number of esters is 1. The molecule has 5 heteroatoms. The van der Waals surface area contributed by atoms with Crippen LogP contribution in [0.15, 0.2) is 12.2 Å². The maximum Gasteiger partial charge on any atom is 0.303 e. The number of nitrogens with one attached hydrogen (secondary N) is 1. The molecular formula is C14H24N2O2S. The topological polar surface area (TPSA) is 41.6 Å². The van der Waals surface area contributed by atoms with E-state index in [1.807, 2.05) is 18.0 Å². The number of likely N-dealkylation sites (N-methyl/N-ethyl adjacent to an activating group) is 1. The minimum Gasteiger partial charge on any atom is -0.458 e. The van der Waals surface area contributed by atoms with Crippen LogP contribution in [0, 0.1) is 0 Å². The molecule has 0 spiro atoms. The summed E-state index contributed by atoms with van der Waals surface area (Å²) >= 11 is 5.15. The fourth-order valence-electron chi connectivity index (χ4n) is 2.06. The van der Waals surface area contributed by atoms with Gasteiger partial charge in [0.2, 0.25) is 0 Å². The molecule has 1 saturated heterocycles. The van der Waals surface area contributed by atoms with Crippen molar-refractivity contribution >= 4 is 23.3 Å². The van der Waals surface area contributed by atoms with Crippen LogP contribution >= 0.6 is 12.2 Å². The van der Waals surface area contributed by atoms with E-state index in [0.29, 0.717) is 0 Å². The maximum absolute atomic E-state index is 11.1. The zero-order chi connectivity index (χ0) is 14.3. The highest BCUT2D eigenvalue weighted by atomic mass is 32.1. The quantitative estimate of drug-likeness (QED) is 0.336. The molecule has 0 aromatic rings. The smallest absolute Gasteiger partial charge is 0.303 e. The van der Waals surface area contributed by atoms with Crippen LogP contribution in [-0.2, 0) is 9.53 Å². The summed E-state index contributed by atoms with van der Waals surface area (Å²) in [6, 6.07) is 0.210. The van der Waals surface area contributed by atoms with Gasteiger partial charge >= 0.3 is 5.97 Å². The highest BCUT2D eigenvalue weighted by molar-refractivity contribution is 7.80. The number of rotatable bonds is 7. The van der Waals surface area contributed by atoms with Gasteiger partial charge in [0.1, 0.15) is 6.10 Å². The van der Waals surface area contributed by atoms with Crippen molar-refractivity contribution in [1.82, 2.24) is 10.2 Å². The molecule has 0 radical (unpaired) electrons. The fourth-order valence-corrected chi connectivity index (χ4v) is 2.29. The third-order valence-corrected chi connectivity index (χ3v) is 3.52. The Morgan fingerprint density at radius 3 is 2.89 bits per heavy atom. The zero-order valence-electron chi connectivity index (χ0n) is 12.0. The molecule has 0 amide bonds. The summed E-state index contributed by atoms with van der Waals surface area (Å²) in [5.74, 6) is -0.224. The molecule has 1 aliphatic heterocycles. The lowest BCUT2D eigenvalue weighted by molar-refractivity contribution is -0.144. The first kappa shape index (κ1) is 16.0. The van der Waals surface area contributed by atoms with Crippen LogP contribution in [0.2, 0.25) is 0 Å². The number of hydrogen-bond acceptors (Lipinski definition) is 3. The van der Waals surface area contributed by atoms with E-state index >= 15 is 0 Å². The van der Waals surface area contributed by atoms with Crippen molar-refractivity contribution in [3.8, 4) is 0 Å². The Bertz CT molecular complexity index is 344. The number of carbonyl (C=O) groups excluding carboxylic acids is 1. The van der Waals surface area contributed by atoms with E-state index in [9.17, 15) is 4.79 Å². The number of unbranched alkanes of at least 4 members (excludes halogenated alkanes) is 2. The lowest BCUT2D eigenvalue weighted by atomic mass is 10.1. The molecular weight excluding hydrogens is 260 g/mol. The van der Waals surface area contributed by atoms with Gasteiger partial charge in [0.15, 0.2) is 5.11 Å². The minimum absolute atomic E-state index is 0.120. The zero-order valence-corrected chi connectivity index (χ0v) is 12.8. The van der Waals surface area contributed by atoms with E-state index < -0.39 is 0 Å². The van der Waals surface area contributed by atoms with Crippen molar-refractivity contribution in [1.29, 1.82) is 0 Å². The molecule has 0 aromatic heterocycles. The van der Waals surface area contributed by atoms with Gasteiger partial charge in [-0.1, -0.05) is 25.8 Å². The molecule has 2 atom stereocenters. The average molecular weight is 284 g/mol. The summed E-state index contributed by atoms with van der Waals surface area (Å²) in [5.41, 5.74) is 0. The van der Waals surface area contributed by atoms with Crippen LogP contribution in [-0.4, -0.2) is 41.7 Å². The van der Waals surface area contributed by atoms with Crippen molar-refractivity contribution < 1.29 is 9.53 Å². The molecule has 0 aliphatic carbocycles. The fraction of sp³-hybridized carbons (Fsp3) is 0.714. The third-order valence-electron chi connectivity index (χ3n) is 3.09. The van der Waals surface area contributed by atoms with Crippen molar-refractivity contribution in [3.05, 3.63) is 12.2 Å². The Morgan fingerprint density at radius 1 is 1.63 bits per heavy atom. The molecule has 108 valence electrons. The first-order valence-electron chi connectivity index (χ1n) is 6.90.